The maximum Gasteiger partial charge on any atom is -0.0146 e. The first-order chi connectivity index (χ1) is 6.41. The largest absolute Gasteiger partial charge is 0.0834 e. The van der Waals surface area contributed by atoms with Gasteiger partial charge < -0.3 is 0 Å². The van der Waals surface area contributed by atoms with Crippen molar-refractivity contribution in [2.24, 2.45) is 0 Å². The Bertz CT molecular complexity index is 108. The summed E-state index contributed by atoms with van der Waals surface area (Å²) in [4.78, 5) is 0. The monoisotopic (exact) mass is 198 g/mol. The molecule has 0 aliphatic rings. The molecule has 0 saturated carbocycles. The highest BCUT2D eigenvalue weighted by Gasteiger charge is 1.89. The molecule has 0 aliphatic carbocycles. The van der Waals surface area contributed by atoms with E-state index >= 15 is 0 Å². The molecule has 0 N–H and O–H groups in total. The minimum absolute atomic E-state index is 1.21. The zero-order valence-corrected chi connectivity index (χ0v) is 9.86. The van der Waals surface area contributed by atoms with Crippen LogP contribution in [0.5, 0.6) is 0 Å². The van der Waals surface area contributed by atoms with Gasteiger partial charge in [-0.2, -0.15) is 0 Å². The Morgan fingerprint density at radius 3 is 1.92 bits per heavy atom. The fraction of sp³-hybridized carbons (Fsp3) is 0.833. The van der Waals surface area contributed by atoms with E-state index in [4.69, 9.17) is 0 Å². The fourth-order valence-electron chi connectivity index (χ4n) is 1.47. The van der Waals surface area contributed by atoms with Gasteiger partial charge in [0.05, 0.1) is 0 Å². The van der Waals surface area contributed by atoms with Gasteiger partial charge >= 0.3 is 0 Å². The van der Waals surface area contributed by atoms with Gasteiger partial charge in [-0.05, 0) is 22.1 Å². The first-order valence-electron chi connectivity index (χ1n) is 5.71. The molecular weight excluding hydrogens is 175 g/mol. The molecule has 0 aromatic rings. The summed E-state index contributed by atoms with van der Waals surface area (Å²) in [5, 5.41) is 0. The lowest BCUT2D eigenvalue weighted by Crippen LogP contribution is -1.79. The minimum atomic E-state index is 1.21. The molecule has 2 radical (unpaired) electrons. The number of unbranched alkanes of at least 4 members (excludes halogenated alkanes) is 8. The topological polar surface area (TPSA) is 0 Å². The fourth-order valence-corrected chi connectivity index (χ4v) is 1.62. The van der Waals surface area contributed by atoms with Crippen LogP contribution in [0.1, 0.15) is 64.7 Å². The van der Waals surface area contributed by atoms with Gasteiger partial charge in [0, 0.05) is 0 Å². The molecule has 0 nitrogen and oxygen atoms in total. The van der Waals surface area contributed by atoms with Crippen LogP contribution >= 0.6 is 9.24 Å². The molecule has 0 atom stereocenters. The van der Waals surface area contributed by atoms with Crippen LogP contribution in [0.25, 0.3) is 0 Å². The van der Waals surface area contributed by atoms with Gasteiger partial charge in [0.2, 0.25) is 0 Å². The molecule has 0 unspecified atom stereocenters. The summed E-state index contributed by atoms with van der Waals surface area (Å²) in [6.45, 7) is 2.27. The van der Waals surface area contributed by atoms with E-state index in [0.29, 0.717) is 0 Å². The van der Waals surface area contributed by atoms with Gasteiger partial charge in [0.1, 0.15) is 0 Å². The maximum absolute atomic E-state index is 4.02. The van der Waals surface area contributed by atoms with Crippen molar-refractivity contribution in [1.29, 1.82) is 0 Å². The third-order valence-corrected chi connectivity index (χ3v) is 2.54. The first kappa shape index (κ1) is 13.2. The van der Waals surface area contributed by atoms with Crippen LogP contribution in [0.3, 0.4) is 0 Å². The molecule has 1 heteroatoms. The minimum Gasteiger partial charge on any atom is -0.0834 e. The second kappa shape index (κ2) is 12.2. The Hall–Kier alpha value is 0.170. The van der Waals surface area contributed by atoms with E-state index in [2.05, 4.69) is 22.2 Å². The van der Waals surface area contributed by atoms with Gasteiger partial charge in [-0.15, -0.1) is 0 Å². The average molecular weight is 198 g/mol. The molecule has 13 heavy (non-hydrogen) atoms. The highest BCUT2D eigenvalue weighted by molar-refractivity contribution is 7.20. The highest BCUT2D eigenvalue weighted by atomic mass is 31.0. The lowest BCUT2D eigenvalue weighted by atomic mass is 10.1. The Kier molecular flexibility index (Phi) is 12.3. The summed E-state index contributed by atoms with van der Waals surface area (Å²) in [5.74, 6) is 1.85. The Morgan fingerprint density at radius 1 is 0.846 bits per heavy atom. The van der Waals surface area contributed by atoms with Crippen molar-refractivity contribution in [2.75, 3.05) is 0 Å². The van der Waals surface area contributed by atoms with Crippen LogP contribution in [0.4, 0.5) is 0 Å². The standard InChI is InChI=1S/C12H23P/c1-2-3-4-5-6-7-8-9-10-11-12-13/h11-12H,2-10H2,1H3/b12-11+. The molecule has 0 aromatic carbocycles. The molecule has 0 bridgehead atoms. The normalized spacial score (nSPS) is 11.2. The smallest absolute Gasteiger partial charge is 0.0146 e. The van der Waals surface area contributed by atoms with Crippen molar-refractivity contribution < 1.29 is 0 Å². The lowest BCUT2D eigenvalue weighted by molar-refractivity contribution is 0.578. The van der Waals surface area contributed by atoms with Crippen LogP contribution in [0.15, 0.2) is 11.9 Å². The molecule has 0 saturated heterocycles. The van der Waals surface area contributed by atoms with Crippen molar-refractivity contribution in [3.63, 3.8) is 0 Å². The summed E-state index contributed by atoms with van der Waals surface area (Å²) in [6.07, 6.45) is 14.6. The summed E-state index contributed by atoms with van der Waals surface area (Å²) >= 11 is 0. The van der Waals surface area contributed by atoms with Crippen molar-refractivity contribution in [3.8, 4) is 0 Å². The van der Waals surface area contributed by atoms with Crippen molar-refractivity contribution in [2.45, 2.75) is 64.7 Å². The Labute approximate surface area is 86.4 Å². The number of allylic oxidation sites excluding steroid dienone is 1. The molecule has 0 amide bonds. The van der Waals surface area contributed by atoms with Crippen LogP contribution < -0.4 is 0 Å². The highest BCUT2D eigenvalue weighted by Crippen LogP contribution is 2.09. The third kappa shape index (κ3) is 12.2. The van der Waals surface area contributed by atoms with E-state index in [1.54, 1.807) is 0 Å². The van der Waals surface area contributed by atoms with Crippen molar-refractivity contribution >= 4 is 9.24 Å². The van der Waals surface area contributed by atoms with E-state index in [1.807, 2.05) is 5.82 Å². The maximum atomic E-state index is 4.02. The summed E-state index contributed by atoms with van der Waals surface area (Å²) in [5.41, 5.74) is 0. The van der Waals surface area contributed by atoms with Crippen molar-refractivity contribution in [1.82, 2.24) is 0 Å². The van der Waals surface area contributed by atoms with Crippen LogP contribution in [0.2, 0.25) is 0 Å². The second-order valence-electron chi connectivity index (χ2n) is 3.65. The average Bonchev–Trinajstić information content (AvgIpc) is 2.16. The molecule has 76 valence electrons. The van der Waals surface area contributed by atoms with E-state index in [1.165, 1.54) is 57.8 Å². The number of hydrogen-bond donors (Lipinski definition) is 0. The summed E-state index contributed by atoms with van der Waals surface area (Å²) in [6, 6.07) is 0. The van der Waals surface area contributed by atoms with Gasteiger partial charge in [-0.25, -0.2) is 0 Å². The van der Waals surface area contributed by atoms with E-state index < -0.39 is 0 Å². The molecule has 0 aliphatic heterocycles. The molecule has 0 heterocycles. The van der Waals surface area contributed by atoms with Crippen LogP contribution in [0, 0.1) is 0 Å². The van der Waals surface area contributed by atoms with E-state index in [-0.39, 0.29) is 0 Å². The zero-order valence-electron chi connectivity index (χ0n) is 8.97. The predicted octanol–water partition coefficient (Wildman–Crippen LogP) is 5.44. The van der Waals surface area contributed by atoms with E-state index in [0.717, 1.165) is 0 Å². The molecule has 0 rings (SSSR count). The Morgan fingerprint density at radius 2 is 1.38 bits per heavy atom. The first-order valence-corrected chi connectivity index (χ1v) is 6.22. The van der Waals surface area contributed by atoms with Crippen molar-refractivity contribution in [3.05, 3.63) is 11.9 Å². The number of rotatable bonds is 9. The molecule has 0 fully saturated rings. The lowest BCUT2D eigenvalue weighted by Gasteiger charge is -1.99. The zero-order chi connectivity index (χ0) is 9.78. The number of hydrogen-bond acceptors (Lipinski definition) is 0. The van der Waals surface area contributed by atoms with Gasteiger partial charge in [-0.3, -0.25) is 0 Å². The molecular formula is C12H23P. The second-order valence-corrected chi connectivity index (χ2v) is 3.95. The summed E-state index contributed by atoms with van der Waals surface area (Å²) < 4.78 is 0. The molecule has 0 spiro atoms. The predicted molar refractivity (Wildman–Crippen MR) is 63.3 cm³/mol. The van der Waals surface area contributed by atoms with E-state index in [9.17, 15) is 0 Å². The quantitative estimate of drug-likeness (QED) is 0.342. The Balaban J connectivity index is 2.83. The van der Waals surface area contributed by atoms with Gasteiger partial charge in [0.15, 0.2) is 0 Å². The molecule has 0 aromatic heterocycles. The SMILES string of the molecule is CCCCCCCCCC/C=C/[P]. The van der Waals surface area contributed by atoms with Gasteiger partial charge in [-0.1, -0.05) is 63.8 Å². The third-order valence-electron chi connectivity index (χ3n) is 2.33. The van der Waals surface area contributed by atoms with Crippen LogP contribution in [-0.4, -0.2) is 0 Å². The van der Waals surface area contributed by atoms with Crippen LogP contribution in [-0.2, 0) is 0 Å². The summed E-state index contributed by atoms with van der Waals surface area (Å²) in [7, 11) is 4.02. The van der Waals surface area contributed by atoms with Gasteiger partial charge in [0.25, 0.3) is 0 Å².